The Morgan fingerprint density at radius 1 is 0.538 bits per heavy atom. The minimum atomic E-state index is -0.906. The lowest BCUT2D eigenvalue weighted by molar-refractivity contribution is -0.126. The van der Waals surface area contributed by atoms with Gasteiger partial charge in [-0.15, -0.1) is 0 Å². The molecule has 20 nitrogen and oxygen atoms in total. The number of ether oxygens (including phenoxy) is 1. The highest BCUT2D eigenvalue weighted by Crippen LogP contribution is 2.21. The van der Waals surface area contributed by atoms with E-state index in [9.17, 15) is 33.6 Å². The van der Waals surface area contributed by atoms with Crippen LogP contribution < -0.4 is 37.1 Å². The number of benzene rings is 1. The lowest BCUT2D eigenvalue weighted by atomic mass is 10.1. The summed E-state index contributed by atoms with van der Waals surface area (Å²) in [5.74, 6) is -4.93. The summed E-state index contributed by atoms with van der Waals surface area (Å²) < 4.78 is 5.78. The van der Waals surface area contributed by atoms with Crippen LogP contribution in [-0.2, 0) is 24.0 Å². The normalized spacial score (nSPS) is 10.5. The molecule has 0 aliphatic carbocycles. The number of aliphatic hydroxyl groups excluding tert-OH is 4. The molecule has 0 spiro atoms. The molecule has 52 heavy (non-hydrogen) atoms. The van der Waals surface area contributed by atoms with E-state index in [0.717, 1.165) is 28.7 Å². The number of aliphatic hydroxyl groups is 4. The SMILES string of the molecule is NCCCCCC(=O)NCCOc1cc(C(=O)N(CC(=O)NCCO)CC(=O)NCCO)cc(C(=O)N(CC(=O)NCCO)CC(=O)NCCO)c1. The monoisotopic (exact) mass is 740 g/mol. The van der Waals surface area contributed by atoms with Gasteiger partial charge in [0.1, 0.15) is 38.5 Å². The maximum Gasteiger partial charge on any atom is 0.254 e. The molecule has 0 aliphatic rings. The highest BCUT2D eigenvalue weighted by Gasteiger charge is 2.26. The summed E-state index contributed by atoms with van der Waals surface area (Å²) in [6, 6.07) is 3.60. The molecule has 292 valence electrons. The van der Waals surface area contributed by atoms with E-state index in [1.807, 2.05) is 0 Å². The average Bonchev–Trinajstić information content (AvgIpc) is 3.13. The van der Waals surface area contributed by atoms with Crippen LogP contribution in [0.15, 0.2) is 18.2 Å². The standard InChI is InChI=1S/C32H52N8O12/c33-5-3-1-2-4-26(45)38-10-15-52-25-17-23(31(50)39(19-27(46)34-6-11-41)20-28(47)35-7-12-42)16-24(18-25)32(51)40(21-29(48)36-8-13-43)22-30(49)37-9-14-44/h16-18,41-44H,1-15,19-22,33H2,(H,34,46)(H,35,47)(H,36,48)(H,37,49)(H,38,45). The maximum atomic E-state index is 13.9. The van der Waals surface area contributed by atoms with E-state index in [1.54, 1.807) is 0 Å². The van der Waals surface area contributed by atoms with Gasteiger partial charge >= 0.3 is 0 Å². The first-order valence-electron chi connectivity index (χ1n) is 16.8. The van der Waals surface area contributed by atoms with Crippen molar-refractivity contribution in [3.05, 3.63) is 29.3 Å². The Balaban J connectivity index is 3.50. The largest absolute Gasteiger partial charge is 0.492 e. The fraction of sp³-hybridized carbons (Fsp3) is 0.594. The molecule has 0 saturated carbocycles. The number of hydrogen-bond donors (Lipinski definition) is 10. The first kappa shape index (κ1) is 45.1. The van der Waals surface area contributed by atoms with Gasteiger partial charge < -0.3 is 67.3 Å². The number of carbonyl (C=O) groups is 7. The molecule has 0 heterocycles. The predicted molar refractivity (Wildman–Crippen MR) is 185 cm³/mol. The molecule has 20 heteroatoms. The molecule has 1 aromatic rings. The summed E-state index contributed by atoms with van der Waals surface area (Å²) in [6.07, 6.45) is 2.52. The molecule has 0 atom stereocenters. The van der Waals surface area contributed by atoms with Gasteiger partial charge in [-0.05, 0) is 37.6 Å². The van der Waals surface area contributed by atoms with Crippen LogP contribution in [0.5, 0.6) is 5.75 Å². The van der Waals surface area contributed by atoms with Crippen LogP contribution in [0.2, 0.25) is 0 Å². The van der Waals surface area contributed by atoms with Gasteiger partial charge in [0, 0.05) is 43.7 Å². The van der Waals surface area contributed by atoms with Crippen LogP contribution in [0.4, 0.5) is 0 Å². The number of unbranched alkanes of at least 4 members (excludes halogenated alkanes) is 2. The fourth-order valence-electron chi connectivity index (χ4n) is 4.45. The third-order valence-electron chi connectivity index (χ3n) is 6.85. The Morgan fingerprint density at radius 2 is 0.923 bits per heavy atom. The minimum absolute atomic E-state index is 0.0461. The Hall–Kier alpha value is -4.89. The molecule has 0 unspecified atom stereocenters. The molecule has 0 radical (unpaired) electrons. The molecule has 1 rings (SSSR count). The molecule has 0 aliphatic heterocycles. The summed E-state index contributed by atoms with van der Waals surface area (Å²) in [4.78, 5) is 91.8. The van der Waals surface area contributed by atoms with E-state index < -0.39 is 61.6 Å². The smallest absolute Gasteiger partial charge is 0.254 e. The lowest BCUT2D eigenvalue weighted by Crippen LogP contribution is -2.47. The van der Waals surface area contributed by atoms with Gasteiger partial charge in [-0.25, -0.2) is 0 Å². The highest BCUT2D eigenvalue weighted by atomic mass is 16.5. The van der Waals surface area contributed by atoms with E-state index in [-0.39, 0.29) is 95.0 Å². The zero-order chi connectivity index (χ0) is 38.7. The first-order valence-corrected chi connectivity index (χ1v) is 16.8. The van der Waals surface area contributed by atoms with E-state index >= 15 is 0 Å². The third kappa shape index (κ3) is 18.9. The van der Waals surface area contributed by atoms with Crippen molar-refractivity contribution in [3.63, 3.8) is 0 Å². The van der Waals surface area contributed by atoms with Crippen LogP contribution >= 0.6 is 0 Å². The van der Waals surface area contributed by atoms with Gasteiger partial charge in [-0.1, -0.05) is 6.42 Å². The molecule has 0 aromatic heterocycles. The number of nitrogens with zero attached hydrogens (tertiary/aromatic N) is 2. The van der Waals surface area contributed by atoms with Gasteiger partial charge in [0.05, 0.1) is 33.0 Å². The molecule has 0 bridgehead atoms. The first-order chi connectivity index (χ1) is 25.0. The van der Waals surface area contributed by atoms with Crippen molar-refractivity contribution >= 4 is 41.4 Å². The number of rotatable bonds is 27. The second-order valence-electron chi connectivity index (χ2n) is 11.2. The zero-order valence-electron chi connectivity index (χ0n) is 29.2. The van der Waals surface area contributed by atoms with Crippen molar-refractivity contribution < 1.29 is 58.7 Å². The summed E-state index contributed by atoms with van der Waals surface area (Å²) >= 11 is 0. The topological polar surface area (TPSA) is 302 Å². The molecule has 1 aromatic carbocycles. The summed E-state index contributed by atoms with van der Waals surface area (Å²) in [7, 11) is 0. The van der Waals surface area contributed by atoms with Gasteiger partial charge in [0.2, 0.25) is 29.5 Å². The Morgan fingerprint density at radius 3 is 1.29 bits per heavy atom. The average molecular weight is 741 g/mol. The second kappa shape index (κ2) is 26.9. The van der Waals surface area contributed by atoms with E-state index in [4.69, 9.17) is 30.9 Å². The Kier molecular flexibility index (Phi) is 23.3. The van der Waals surface area contributed by atoms with E-state index in [2.05, 4.69) is 26.6 Å². The molecule has 7 amide bonds. The molecular formula is C32H52N8O12. The maximum absolute atomic E-state index is 13.9. The number of hydrogen-bond acceptors (Lipinski definition) is 13. The van der Waals surface area contributed by atoms with Crippen LogP contribution in [-0.4, -0.2) is 170 Å². The van der Waals surface area contributed by atoms with Gasteiger partial charge in [0.15, 0.2) is 0 Å². The number of amides is 7. The molecule has 0 saturated heterocycles. The quantitative estimate of drug-likeness (QED) is 0.0379. The molecular weight excluding hydrogens is 688 g/mol. The predicted octanol–water partition coefficient (Wildman–Crippen LogP) is -4.98. The van der Waals surface area contributed by atoms with Crippen molar-refractivity contribution in [2.45, 2.75) is 25.7 Å². The minimum Gasteiger partial charge on any atom is -0.492 e. The van der Waals surface area contributed by atoms with Crippen molar-refractivity contribution in [1.29, 1.82) is 0 Å². The van der Waals surface area contributed by atoms with Crippen molar-refractivity contribution in [2.75, 3.05) is 98.5 Å². The van der Waals surface area contributed by atoms with Crippen molar-refractivity contribution in [2.24, 2.45) is 5.73 Å². The summed E-state index contributed by atoms with van der Waals surface area (Å²) in [5.41, 5.74) is 5.01. The van der Waals surface area contributed by atoms with E-state index in [1.165, 1.54) is 12.1 Å². The van der Waals surface area contributed by atoms with Crippen LogP contribution in [0.3, 0.4) is 0 Å². The highest BCUT2D eigenvalue weighted by molar-refractivity contribution is 6.03. The van der Waals surface area contributed by atoms with Crippen molar-refractivity contribution in [1.82, 2.24) is 36.4 Å². The zero-order valence-corrected chi connectivity index (χ0v) is 29.2. The van der Waals surface area contributed by atoms with Crippen LogP contribution in [0, 0.1) is 0 Å². The lowest BCUT2D eigenvalue weighted by Gasteiger charge is -2.24. The van der Waals surface area contributed by atoms with Crippen molar-refractivity contribution in [3.8, 4) is 5.75 Å². The third-order valence-corrected chi connectivity index (χ3v) is 6.85. The van der Waals surface area contributed by atoms with Gasteiger partial charge in [-0.2, -0.15) is 0 Å². The number of nitrogens with one attached hydrogen (secondary N) is 5. The Labute approximate surface area is 301 Å². The summed E-state index contributed by atoms with van der Waals surface area (Å²) in [5, 5.41) is 48.5. The molecule has 0 fully saturated rings. The fourth-order valence-corrected chi connectivity index (χ4v) is 4.45. The Bertz CT molecular complexity index is 1190. The van der Waals surface area contributed by atoms with Gasteiger partial charge in [0.25, 0.3) is 11.8 Å². The van der Waals surface area contributed by atoms with Gasteiger partial charge in [-0.3, -0.25) is 33.6 Å². The number of carbonyl (C=O) groups excluding carboxylic acids is 7. The summed E-state index contributed by atoms with van der Waals surface area (Å²) in [6.45, 7) is -4.13. The van der Waals surface area contributed by atoms with Crippen LogP contribution in [0.1, 0.15) is 46.4 Å². The molecule has 11 N–H and O–H groups in total. The van der Waals surface area contributed by atoms with E-state index in [0.29, 0.717) is 13.0 Å². The van der Waals surface area contributed by atoms with Crippen LogP contribution in [0.25, 0.3) is 0 Å². The second-order valence-corrected chi connectivity index (χ2v) is 11.2. The number of nitrogens with two attached hydrogens (primary N) is 1.